The molecule has 1 aliphatic heterocycles. The van der Waals surface area contributed by atoms with E-state index in [0.717, 1.165) is 5.56 Å². The molecule has 0 aromatic heterocycles. The van der Waals surface area contributed by atoms with E-state index in [2.05, 4.69) is 10.1 Å². The molecule has 1 heterocycles. The summed E-state index contributed by atoms with van der Waals surface area (Å²) in [7, 11) is 0. The molecule has 2 aromatic carbocycles. The first-order chi connectivity index (χ1) is 12.5. The number of rotatable bonds is 5. The number of carbonyl (C=O) groups is 3. The largest absolute Gasteiger partial charge is 0.506 e. The highest BCUT2D eigenvalue weighted by atomic mass is 16.7. The van der Waals surface area contributed by atoms with E-state index >= 15 is 0 Å². The number of ether oxygens (including phenoxy) is 2. The molecule has 1 saturated heterocycles. The summed E-state index contributed by atoms with van der Waals surface area (Å²) in [6, 6.07) is 16.5. The lowest BCUT2D eigenvalue weighted by Gasteiger charge is -2.29. The van der Waals surface area contributed by atoms with E-state index < -0.39 is 30.0 Å². The van der Waals surface area contributed by atoms with Gasteiger partial charge < -0.3 is 14.6 Å². The number of hydrogen-bond donors (Lipinski definition) is 2. The Morgan fingerprint density at radius 3 is 2.42 bits per heavy atom. The van der Waals surface area contributed by atoms with Crippen molar-refractivity contribution in [1.29, 1.82) is 0 Å². The van der Waals surface area contributed by atoms with Crippen LogP contribution >= 0.6 is 0 Å². The Labute approximate surface area is 149 Å². The number of imide groups is 1. The molecule has 7 heteroatoms. The molecule has 0 radical (unpaired) electrons. The fourth-order valence-electron chi connectivity index (χ4n) is 2.84. The number of nitrogens with one attached hydrogen (secondary N) is 1. The Balaban J connectivity index is 1.72. The minimum Gasteiger partial charge on any atom is -0.489 e. The van der Waals surface area contributed by atoms with Gasteiger partial charge in [-0.3, -0.25) is 14.9 Å². The van der Waals surface area contributed by atoms with E-state index in [4.69, 9.17) is 9.84 Å². The topological polar surface area (TPSA) is 102 Å². The van der Waals surface area contributed by atoms with Gasteiger partial charge in [0.25, 0.3) is 5.91 Å². The fraction of sp³-hybridized carbons (Fsp3) is 0.211. The van der Waals surface area contributed by atoms with Crippen LogP contribution in [-0.2, 0) is 20.9 Å². The monoisotopic (exact) mass is 355 g/mol. The van der Waals surface area contributed by atoms with Crippen LogP contribution < -0.4 is 10.1 Å². The van der Waals surface area contributed by atoms with Crippen LogP contribution in [0.25, 0.3) is 0 Å². The van der Waals surface area contributed by atoms with Crippen LogP contribution in [-0.4, -0.2) is 29.2 Å². The van der Waals surface area contributed by atoms with Crippen LogP contribution in [0, 0.1) is 0 Å². The molecule has 3 rings (SSSR count). The molecular formula is C19H17NO6. The van der Waals surface area contributed by atoms with Crippen LogP contribution in [0.4, 0.5) is 4.79 Å². The number of piperidine rings is 1. The number of amides is 2. The fourth-order valence-corrected chi connectivity index (χ4v) is 2.84. The first-order valence-electron chi connectivity index (χ1n) is 8.03. The summed E-state index contributed by atoms with van der Waals surface area (Å²) in [5.74, 6) is -1.26. The van der Waals surface area contributed by atoms with Gasteiger partial charge in [-0.2, -0.15) is 0 Å². The molecular weight excluding hydrogens is 338 g/mol. The standard InChI is InChI=1S/C19H17NO6/c21-16-10-15(17(18(22)20-16)26-19(23)24)13-6-8-14(9-7-13)25-11-12-4-2-1-3-5-12/h1-9,15,17H,10-11H2,(H,23,24)(H,20,21,22). The molecule has 2 aromatic rings. The Bertz CT molecular complexity index is 803. The maximum Gasteiger partial charge on any atom is 0.506 e. The van der Waals surface area contributed by atoms with Crippen molar-refractivity contribution in [3.05, 3.63) is 65.7 Å². The maximum atomic E-state index is 11.9. The number of carbonyl (C=O) groups excluding carboxylic acids is 2. The Hall–Kier alpha value is -3.35. The van der Waals surface area contributed by atoms with Gasteiger partial charge >= 0.3 is 6.16 Å². The van der Waals surface area contributed by atoms with Crippen molar-refractivity contribution in [3.8, 4) is 5.75 Å². The number of carboxylic acid groups (broad SMARTS) is 1. The predicted molar refractivity (Wildman–Crippen MR) is 90.6 cm³/mol. The van der Waals surface area contributed by atoms with Gasteiger partial charge in [0.05, 0.1) is 0 Å². The zero-order chi connectivity index (χ0) is 18.5. The van der Waals surface area contributed by atoms with Crippen LogP contribution in [0.15, 0.2) is 54.6 Å². The smallest absolute Gasteiger partial charge is 0.489 e. The lowest BCUT2D eigenvalue weighted by molar-refractivity contribution is -0.142. The molecule has 0 bridgehead atoms. The van der Waals surface area contributed by atoms with Gasteiger partial charge in [-0.1, -0.05) is 42.5 Å². The minimum atomic E-state index is -1.56. The second kappa shape index (κ2) is 7.69. The van der Waals surface area contributed by atoms with Crippen molar-refractivity contribution in [3.63, 3.8) is 0 Å². The summed E-state index contributed by atoms with van der Waals surface area (Å²) in [6.07, 6.45) is -2.86. The van der Waals surface area contributed by atoms with Crippen molar-refractivity contribution < 1.29 is 29.0 Å². The van der Waals surface area contributed by atoms with E-state index in [0.29, 0.717) is 17.9 Å². The quantitative estimate of drug-likeness (QED) is 0.631. The molecule has 1 fully saturated rings. The predicted octanol–water partition coefficient (Wildman–Crippen LogP) is 2.46. The zero-order valence-electron chi connectivity index (χ0n) is 13.8. The Morgan fingerprint density at radius 2 is 1.77 bits per heavy atom. The highest BCUT2D eigenvalue weighted by Crippen LogP contribution is 2.30. The summed E-state index contributed by atoms with van der Waals surface area (Å²) < 4.78 is 10.4. The van der Waals surface area contributed by atoms with Gasteiger partial charge in [0.2, 0.25) is 5.91 Å². The first kappa shape index (κ1) is 17.5. The van der Waals surface area contributed by atoms with Crippen LogP contribution in [0.3, 0.4) is 0 Å². The highest BCUT2D eigenvalue weighted by molar-refractivity contribution is 6.01. The summed E-state index contributed by atoms with van der Waals surface area (Å²) in [5, 5.41) is 10.9. The van der Waals surface area contributed by atoms with E-state index in [1.807, 2.05) is 30.3 Å². The van der Waals surface area contributed by atoms with Gasteiger partial charge in [-0.25, -0.2) is 4.79 Å². The van der Waals surface area contributed by atoms with Crippen LogP contribution in [0.2, 0.25) is 0 Å². The molecule has 0 saturated carbocycles. The third-order valence-corrected chi connectivity index (χ3v) is 4.08. The zero-order valence-corrected chi connectivity index (χ0v) is 13.8. The maximum absolute atomic E-state index is 11.9. The molecule has 2 N–H and O–H groups in total. The second-order valence-corrected chi connectivity index (χ2v) is 5.87. The number of hydrogen-bond acceptors (Lipinski definition) is 5. The summed E-state index contributed by atoms with van der Waals surface area (Å²) in [5.41, 5.74) is 1.66. The SMILES string of the molecule is O=C1CC(c2ccc(OCc3ccccc3)cc2)C(OC(=O)O)C(=O)N1. The summed E-state index contributed by atoms with van der Waals surface area (Å²) >= 11 is 0. The third kappa shape index (κ3) is 4.18. The van der Waals surface area contributed by atoms with Crippen LogP contribution in [0.5, 0.6) is 5.75 Å². The van der Waals surface area contributed by atoms with Gasteiger partial charge in [0, 0.05) is 12.3 Å². The second-order valence-electron chi connectivity index (χ2n) is 5.87. The van der Waals surface area contributed by atoms with E-state index in [-0.39, 0.29) is 6.42 Å². The lowest BCUT2D eigenvalue weighted by atomic mass is 9.87. The van der Waals surface area contributed by atoms with Crippen molar-refractivity contribution in [2.24, 2.45) is 0 Å². The van der Waals surface area contributed by atoms with E-state index in [1.165, 1.54) is 0 Å². The van der Waals surface area contributed by atoms with Gasteiger partial charge in [0.1, 0.15) is 12.4 Å². The molecule has 26 heavy (non-hydrogen) atoms. The molecule has 7 nitrogen and oxygen atoms in total. The Kier molecular flexibility index (Phi) is 5.17. The molecule has 2 amide bonds. The molecule has 134 valence electrons. The highest BCUT2D eigenvalue weighted by Gasteiger charge is 2.39. The third-order valence-electron chi connectivity index (χ3n) is 4.08. The first-order valence-corrected chi connectivity index (χ1v) is 8.03. The van der Waals surface area contributed by atoms with Crippen molar-refractivity contribution in [1.82, 2.24) is 5.32 Å². The van der Waals surface area contributed by atoms with Gasteiger partial charge in [0.15, 0.2) is 6.10 Å². The molecule has 1 aliphatic rings. The van der Waals surface area contributed by atoms with Crippen molar-refractivity contribution >= 4 is 18.0 Å². The van der Waals surface area contributed by atoms with E-state index in [1.54, 1.807) is 24.3 Å². The van der Waals surface area contributed by atoms with Crippen LogP contribution in [0.1, 0.15) is 23.5 Å². The minimum absolute atomic E-state index is 0.0338. The van der Waals surface area contributed by atoms with E-state index in [9.17, 15) is 14.4 Å². The Morgan fingerprint density at radius 1 is 1.08 bits per heavy atom. The summed E-state index contributed by atoms with van der Waals surface area (Å²) in [6.45, 7) is 0.412. The van der Waals surface area contributed by atoms with Gasteiger partial charge in [-0.05, 0) is 23.3 Å². The van der Waals surface area contributed by atoms with Gasteiger partial charge in [-0.15, -0.1) is 0 Å². The average molecular weight is 355 g/mol. The summed E-state index contributed by atoms with van der Waals surface area (Å²) in [4.78, 5) is 34.4. The normalized spacial score (nSPS) is 19.5. The molecule has 0 spiro atoms. The van der Waals surface area contributed by atoms with Crippen molar-refractivity contribution in [2.75, 3.05) is 0 Å². The molecule has 0 aliphatic carbocycles. The molecule has 2 atom stereocenters. The molecule has 2 unspecified atom stereocenters. The van der Waals surface area contributed by atoms with Crippen molar-refractivity contribution in [2.45, 2.75) is 25.0 Å². The number of benzene rings is 2. The average Bonchev–Trinajstić information content (AvgIpc) is 2.63. The lowest BCUT2D eigenvalue weighted by Crippen LogP contribution is -2.50.